The number of ether oxygens (including phenoxy) is 1. The van der Waals surface area contributed by atoms with Gasteiger partial charge in [0.2, 0.25) is 0 Å². The van der Waals surface area contributed by atoms with Gasteiger partial charge in [0.05, 0.1) is 7.11 Å². The van der Waals surface area contributed by atoms with Crippen LogP contribution >= 0.6 is 0 Å². The number of nitrogens with one attached hydrogen (secondary N) is 1. The minimum absolute atomic E-state index is 0.582. The van der Waals surface area contributed by atoms with Gasteiger partial charge in [0.1, 0.15) is 5.75 Å². The summed E-state index contributed by atoms with van der Waals surface area (Å²) in [6, 6.07) is 9.66. The summed E-state index contributed by atoms with van der Waals surface area (Å²) in [6.45, 7) is 6.82. The summed E-state index contributed by atoms with van der Waals surface area (Å²) in [5.74, 6) is 0.934. The Balaban J connectivity index is 2.33. The third-order valence-electron chi connectivity index (χ3n) is 3.68. The zero-order valence-corrected chi connectivity index (χ0v) is 12.9. The molecule has 0 radical (unpaired) electrons. The van der Waals surface area contributed by atoms with E-state index in [1.807, 2.05) is 12.1 Å². The van der Waals surface area contributed by atoms with Gasteiger partial charge in [-0.2, -0.15) is 0 Å². The molecule has 0 aromatic heterocycles. The fourth-order valence-electron chi connectivity index (χ4n) is 2.41. The largest absolute Gasteiger partial charge is 0.497 e. The van der Waals surface area contributed by atoms with E-state index in [0.717, 1.165) is 12.2 Å². The first-order chi connectivity index (χ1) is 9.19. The fourth-order valence-corrected chi connectivity index (χ4v) is 2.41. The van der Waals surface area contributed by atoms with Crippen LogP contribution in [0.15, 0.2) is 24.3 Å². The average Bonchev–Trinajstić information content (AvgIpc) is 2.45. The van der Waals surface area contributed by atoms with E-state index in [0.29, 0.717) is 12.1 Å². The second-order valence-corrected chi connectivity index (χ2v) is 5.35. The van der Waals surface area contributed by atoms with Crippen molar-refractivity contribution < 1.29 is 4.74 Å². The highest BCUT2D eigenvalue weighted by Gasteiger charge is 2.09. The van der Waals surface area contributed by atoms with Crippen LogP contribution in [0.25, 0.3) is 0 Å². The average molecular weight is 263 g/mol. The molecule has 1 rings (SSSR count). The lowest BCUT2D eigenvalue weighted by molar-refractivity contribution is 0.396. The monoisotopic (exact) mass is 263 g/mol. The second-order valence-electron chi connectivity index (χ2n) is 5.35. The lowest BCUT2D eigenvalue weighted by Crippen LogP contribution is -2.36. The van der Waals surface area contributed by atoms with Gasteiger partial charge in [-0.15, -0.1) is 0 Å². The molecule has 0 fully saturated rings. The van der Waals surface area contributed by atoms with Crippen LogP contribution in [0.2, 0.25) is 0 Å². The topological polar surface area (TPSA) is 21.3 Å². The molecule has 1 N–H and O–H groups in total. The molecule has 2 nitrogen and oxygen atoms in total. The van der Waals surface area contributed by atoms with Gasteiger partial charge in [-0.3, -0.25) is 0 Å². The van der Waals surface area contributed by atoms with Crippen LogP contribution < -0.4 is 10.1 Å². The number of hydrogen-bond donors (Lipinski definition) is 1. The maximum atomic E-state index is 5.18. The smallest absolute Gasteiger partial charge is 0.118 e. The molecule has 0 heterocycles. The van der Waals surface area contributed by atoms with Gasteiger partial charge in [-0.1, -0.05) is 32.4 Å². The van der Waals surface area contributed by atoms with Crippen LogP contribution in [0, 0.1) is 0 Å². The summed E-state index contributed by atoms with van der Waals surface area (Å²) in [5.41, 5.74) is 1.39. The normalized spacial score (nSPS) is 14.1. The molecule has 2 heteroatoms. The van der Waals surface area contributed by atoms with E-state index < -0.39 is 0 Å². The summed E-state index contributed by atoms with van der Waals surface area (Å²) in [4.78, 5) is 0. The predicted octanol–water partition coefficient (Wildman–Crippen LogP) is 4.18. The molecule has 2 atom stereocenters. The third-order valence-corrected chi connectivity index (χ3v) is 3.68. The zero-order valence-electron chi connectivity index (χ0n) is 12.9. The molecule has 19 heavy (non-hydrogen) atoms. The van der Waals surface area contributed by atoms with E-state index in [-0.39, 0.29) is 0 Å². The first-order valence-electron chi connectivity index (χ1n) is 7.58. The summed E-state index contributed by atoms with van der Waals surface area (Å²) >= 11 is 0. The predicted molar refractivity (Wildman–Crippen MR) is 82.9 cm³/mol. The summed E-state index contributed by atoms with van der Waals surface area (Å²) in [7, 11) is 1.71. The minimum Gasteiger partial charge on any atom is -0.497 e. The van der Waals surface area contributed by atoms with Gasteiger partial charge >= 0.3 is 0 Å². The fraction of sp³-hybridized carbons (Fsp3) is 0.647. The Morgan fingerprint density at radius 2 is 1.79 bits per heavy atom. The van der Waals surface area contributed by atoms with Crippen molar-refractivity contribution in [3.63, 3.8) is 0 Å². The molecule has 0 spiro atoms. The molecular weight excluding hydrogens is 234 g/mol. The van der Waals surface area contributed by atoms with E-state index in [2.05, 4.69) is 38.2 Å². The van der Waals surface area contributed by atoms with Gasteiger partial charge in [0, 0.05) is 12.1 Å². The highest BCUT2D eigenvalue weighted by Crippen LogP contribution is 2.13. The van der Waals surface area contributed by atoms with Crippen molar-refractivity contribution in [1.82, 2.24) is 5.32 Å². The molecule has 0 amide bonds. The van der Waals surface area contributed by atoms with Gasteiger partial charge in [-0.05, 0) is 50.3 Å². The van der Waals surface area contributed by atoms with E-state index in [4.69, 9.17) is 4.74 Å². The van der Waals surface area contributed by atoms with Crippen molar-refractivity contribution in [3.8, 4) is 5.75 Å². The van der Waals surface area contributed by atoms with Crippen LogP contribution in [0.4, 0.5) is 0 Å². The molecular formula is C17H29NO. The standard InChI is InChI=1S/C17H29NO/c1-5-7-16(6-2)18-14(3)8-9-15-10-12-17(19-4)13-11-15/h10-14,16,18H,5-9H2,1-4H3. The maximum Gasteiger partial charge on any atom is 0.118 e. The molecule has 1 aromatic carbocycles. The second kappa shape index (κ2) is 8.98. The number of rotatable bonds is 9. The van der Waals surface area contributed by atoms with Crippen molar-refractivity contribution in [3.05, 3.63) is 29.8 Å². The number of aryl methyl sites for hydroxylation is 1. The van der Waals surface area contributed by atoms with E-state index in [1.54, 1.807) is 7.11 Å². The van der Waals surface area contributed by atoms with Crippen LogP contribution in [-0.4, -0.2) is 19.2 Å². The molecule has 0 saturated heterocycles. The highest BCUT2D eigenvalue weighted by molar-refractivity contribution is 5.27. The molecule has 1 aromatic rings. The Hall–Kier alpha value is -1.02. The number of hydrogen-bond acceptors (Lipinski definition) is 2. The van der Waals surface area contributed by atoms with Gasteiger partial charge in [0.25, 0.3) is 0 Å². The quantitative estimate of drug-likeness (QED) is 0.721. The van der Waals surface area contributed by atoms with Crippen LogP contribution in [0.3, 0.4) is 0 Å². The molecule has 2 unspecified atom stereocenters. The van der Waals surface area contributed by atoms with Gasteiger partial charge in [-0.25, -0.2) is 0 Å². The van der Waals surface area contributed by atoms with E-state index >= 15 is 0 Å². The first kappa shape index (κ1) is 16.0. The highest BCUT2D eigenvalue weighted by atomic mass is 16.5. The van der Waals surface area contributed by atoms with Crippen molar-refractivity contribution in [1.29, 1.82) is 0 Å². The number of benzene rings is 1. The first-order valence-corrected chi connectivity index (χ1v) is 7.58. The molecule has 0 saturated carbocycles. The number of methoxy groups -OCH3 is 1. The Bertz CT molecular complexity index is 334. The molecule has 0 aliphatic heterocycles. The van der Waals surface area contributed by atoms with Crippen molar-refractivity contribution in [2.24, 2.45) is 0 Å². The Kier molecular flexibility index (Phi) is 7.57. The van der Waals surface area contributed by atoms with Crippen molar-refractivity contribution >= 4 is 0 Å². The van der Waals surface area contributed by atoms with Crippen molar-refractivity contribution in [2.75, 3.05) is 7.11 Å². The third kappa shape index (κ3) is 6.11. The summed E-state index contributed by atoms with van der Waals surface area (Å²) < 4.78 is 5.18. The van der Waals surface area contributed by atoms with Gasteiger partial charge < -0.3 is 10.1 Å². The summed E-state index contributed by atoms with van der Waals surface area (Å²) in [6.07, 6.45) is 6.08. The lowest BCUT2D eigenvalue weighted by atomic mass is 10.0. The van der Waals surface area contributed by atoms with E-state index in [9.17, 15) is 0 Å². The van der Waals surface area contributed by atoms with Crippen LogP contribution in [0.5, 0.6) is 5.75 Å². The van der Waals surface area contributed by atoms with Crippen molar-refractivity contribution in [2.45, 2.75) is 65.0 Å². The SMILES string of the molecule is CCCC(CC)NC(C)CCc1ccc(OC)cc1. The molecule has 0 aliphatic carbocycles. The Morgan fingerprint density at radius 1 is 1.11 bits per heavy atom. The van der Waals surface area contributed by atoms with Gasteiger partial charge in [0.15, 0.2) is 0 Å². The lowest BCUT2D eigenvalue weighted by Gasteiger charge is -2.22. The molecule has 0 bridgehead atoms. The Morgan fingerprint density at radius 3 is 2.32 bits per heavy atom. The molecule has 108 valence electrons. The van der Waals surface area contributed by atoms with Crippen LogP contribution in [0.1, 0.15) is 52.0 Å². The maximum absolute atomic E-state index is 5.18. The minimum atomic E-state index is 0.582. The molecule has 0 aliphatic rings. The van der Waals surface area contributed by atoms with Crippen LogP contribution in [-0.2, 0) is 6.42 Å². The zero-order chi connectivity index (χ0) is 14.1. The summed E-state index contributed by atoms with van der Waals surface area (Å²) in [5, 5.41) is 3.74. The Labute approximate surface area is 118 Å². The van der Waals surface area contributed by atoms with E-state index in [1.165, 1.54) is 31.2 Å².